The average molecular weight is 422 g/mol. The molecule has 0 radical (unpaired) electrons. The van der Waals surface area contributed by atoms with Crippen LogP contribution < -0.4 is 15.4 Å². The maximum absolute atomic E-state index is 13.3. The number of rotatable bonds is 6. The van der Waals surface area contributed by atoms with Gasteiger partial charge in [-0.25, -0.2) is 4.98 Å². The second-order valence-corrected chi connectivity index (χ2v) is 8.02. The number of ether oxygens (including phenoxy) is 1. The van der Waals surface area contributed by atoms with Crippen molar-refractivity contribution in [1.82, 2.24) is 10.3 Å². The number of aromatic nitrogens is 1. The van der Waals surface area contributed by atoms with Gasteiger partial charge in [0.1, 0.15) is 0 Å². The van der Waals surface area contributed by atoms with Crippen LogP contribution >= 0.6 is 11.6 Å². The van der Waals surface area contributed by atoms with E-state index >= 15 is 0 Å². The van der Waals surface area contributed by atoms with Gasteiger partial charge in [-0.15, -0.1) is 0 Å². The molecule has 2 aromatic rings. The van der Waals surface area contributed by atoms with Crippen LogP contribution in [0.2, 0.25) is 5.02 Å². The Labute approximate surface area is 172 Å². The highest BCUT2D eigenvalue weighted by Gasteiger charge is 2.48. The molecule has 2 aliphatic rings. The van der Waals surface area contributed by atoms with E-state index in [4.69, 9.17) is 11.6 Å². The van der Waals surface area contributed by atoms with Crippen LogP contribution in [0.5, 0.6) is 5.75 Å². The molecule has 4 rings (SSSR count). The van der Waals surface area contributed by atoms with Crippen LogP contribution in [0.15, 0.2) is 36.5 Å². The molecule has 1 saturated heterocycles. The van der Waals surface area contributed by atoms with Gasteiger partial charge in [0.05, 0.1) is 10.4 Å². The van der Waals surface area contributed by atoms with Crippen molar-refractivity contribution in [2.45, 2.75) is 43.6 Å². The molecule has 2 fully saturated rings. The van der Waals surface area contributed by atoms with Gasteiger partial charge in [-0.2, -0.15) is 8.78 Å². The van der Waals surface area contributed by atoms with Gasteiger partial charge in [0.2, 0.25) is 5.91 Å². The molecule has 154 valence electrons. The fourth-order valence-electron chi connectivity index (χ4n) is 4.30. The first kappa shape index (κ1) is 20.0. The van der Waals surface area contributed by atoms with Gasteiger partial charge in [-0.3, -0.25) is 4.79 Å². The molecule has 1 aliphatic heterocycles. The highest BCUT2D eigenvalue weighted by atomic mass is 35.5. The minimum absolute atomic E-state index is 0.0654. The molecule has 8 heteroatoms. The summed E-state index contributed by atoms with van der Waals surface area (Å²) >= 11 is 5.84. The van der Waals surface area contributed by atoms with Crippen molar-refractivity contribution in [3.05, 3.63) is 52.7 Å². The van der Waals surface area contributed by atoms with Crippen molar-refractivity contribution in [3.8, 4) is 5.75 Å². The standard InChI is InChI=1S/C21H22ClF2N3O2/c22-14-9-17(29-20(23)24)18(26-10-14)27-19(28)21(11-25-12-21)16-8-4-3-7-15(16)13-5-1-2-6-13/h3-4,7-10,13,20,25H,1-2,5-6,11-12H2,(H,26,27,28). The summed E-state index contributed by atoms with van der Waals surface area (Å²) < 4.78 is 30.0. The predicted octanol–water partition coefficient (Wildman–Crippen LogP) is 4.47. The molecule has 2 heterocycles. The van der Waals surface area contributed by atoms with E-state index in [0.29, 0.717) is 19.0 Å². The summed E-state index contributed by atoms with van der Waals surface area (Å²) in [5.41, 5.74) is 1.42. The summed E-state index contributed by atoms with van der Waals surface area (Å²) in [7, 11) is 0. The van der Waals surface area contributed by atoms with Crippen molar-refractivity contribution in [2.24, 2.45) is 0 Å². The molecule has 0 spiro atoms. The Bertz CT molecular complexity index is 899. The van der Waals surface area contributed by atoms with Gasteiger partial charge < -0.3 is 15.4 Å². The second kappa shape index (κ2) is 8.24. The summed E-state index contributed by atoms with van der Waals surface area (Å²) in [6, 6.07) is 9.26. The van der Waals surface area contributed by atoms with E-state index in [2.05, 4.69) is 26.4 Å². The summed E-state index contributed by atoms with van der Waals surface area (Å²) in [5.74, 6) is -0.171. The molecule has 1 aliphatic carbocycles. The first-order valence-electron chi connectivity index (χ1n) is 9.71. The summed E-state index contributed by atoms with van der Waals surface area (Å²) in [6.07, 6.45) is 5.91. The largest absolute Gasteiger partial charge is 0.431 e. The van der Waals surface area contributed by atoms with Gasteiger partial charge in [-0.05, 0) is 29.9 Å². The van der Waals surface area contributed by atoms with Crippen molar-refractivity contribution >= 4 is 23.3 Å². The Morgan fingerprint density at radius 1 is 1.28 bits per heavy atom. The molecule has 0 bridgehead atoms. The third kappa shape index (κ3) is 3.94. The highest BCUT2D eigenvalue weighted by molar-refractivity contribution is 6.30. The summed E-state index contributed by atoms with van der Waals surface area (Å²) in [6.45, 7) is -2.10. The number of pyridine rings is 1. The van der Waals surface area contributed by atoms with E-state index in [-0.39, 0.29) is 22.5 Å². The molecular formula is C21H22ClF2N3O2. The fourth-order valence-corrected chi connectivity index (χ4v) is 4.45. The number of amides is 1. The first-order chi connectivity index (χ1) is 14.0. The SMILES string of the molecule is O=C(Nc1ncc(Cl)cc1OC(F)F)C1(c2ccccc2C2CCCC2)CNC1. The predicted molar refractivity (Wildman–Crippen MR) is 107 cm³/mol. The maximum Gasteiger partial charge on any atom is 0.387 e. The monoisotopic (exact) mass is 421 g/mol. The Balaban J connectivity index is 1.65. The molecule has 0 unspecified atom stereocenters. The molecule has 0 atom stereocenters. The van der Waals surface area contributed by atoms with E-state index < -0.39 is 12.0 Å². The van der Waals surface area contributed by atoms with Gasteiger partial charge in [0.15, 0.2) is 11.6 Å². The Morgan fingerprint density at radius 2 is 2.00 bits per heavy atom. The maximum atomic E-state index is 13.3. The second-order valence-electron chi connectivity index (χ2n) is 7.59. The van der Waals surface area contributed by atoms with Gasteiger partial charge in [0.25, 0.3) is 0 Å². The van der Waals surface area contributed by atoms with Crippen molar-refractivity contribution in [3.63, 3.8) is 0 Å². The Kier molecular flexibility index (Phi) is 5.69. The third-order valence-corrected chi connectivity index (χ3v) is 6.03. The summed E-state index contributed by atoms with van der Waals surface area (Å²) in [4.78, 5) is 17.3. The van der Waals surface area contributed by atoms with Crippen LogP contribution in [-0.2, 0) is 10.2 Å². The number of hydrogen-bond donors (Lipinski definition) is 2. The lowest BCUT2D eigenvalue weighted by Crippen LogP contribution is -2.63. The van der Waals surface area contributed by atoms with E-state index in [0.717, 1.165) is 18.4 Å². The lowest BCUT2D eigenvalue weighted by atomic mass is 9.70. The van der Waals surface area contributed by atoms with Crippen LogP contribution in [0.1, 0.15) is 42.7 Å². The van der Waals surface area contributed by atoms with Gasteiger partial charge in [0, 0.05) is 25.4 Å². The molecule has 1 saturated carbocycles. The first-order valence-corrected chi connectivity index (χ1v) is 10.1. The number of carbonyl (C=O) groups excluding carboxylic acids is 1. The molecule has 1 aromatic carbocycles. The number of hydrogen-bond acceptors (Lipinski definition) is 4. The van der Waals surface area contributed by atoms with Crippen LogP contribution in [0.3, 0.4) is 0 Å². The smallest absolute Gasteiger partial charge is 0.387 e. The van der Waals surface area contributed by atoms with E-state index in [1.807, 2.05) is 18.2 Å². The number of benzene rings is 1. The molecular weight excluding hydrogens is 400 g/mol. The number of anilines is 1. The molecule has 1 amide bonds. The van der Waals surface area contributed by atoms with Crippen molar-refractivity contribution < 1.29 is 18.3 Å². The number of nitrogens with one attached hydrogen (secondary N) is 2. The van der Waals surface area contributed by atoms with E-state index in [1.165, 1.54) is 30.7 Å². The fraction of sp³-hybridized carbons (Fsp3) is 0.429. The summed E-state index contributed by atoms with van der Waals surface area (Å²) in [5, 5.41) is 6.03. The third-order valence-electron chi connectivity index (χ3n) is 5.83. The van der Waals surface area contributed by atoms with Crippen LogP contribution in [-0.4, -0.2) is 30.6 Å². The normalized spacial score (nSPS) is 18.5. The molecule has 1 aromatic heterocycles. The highest BCUT2D eigenvalue weighted by Crippen LogP contribution is 2.41. The molecule has 2 N–H and O–H groups in total. The molecule has 29 heavy (non-hydrogen) atoms. The van der Waals surface area contributed by atoms with Gasteiger partial charge in [-0.1, -0.05) is 48.7 Å². The van der Waals surface area contributed by atoms with Crippen molar-refractivity contribution in [1.29, 1.82) is 0 Å². The average Bonchev–Trinajstić information content (AvgIpc) is 3.18. The number of halogens is 3. The Hall–Kier alpha value is -2.25. The molecule has 5 nitrogen and oxygen atoms in total. The number of nitrogens with zero attached hydrogens (tertiary/aromatic N) is 1. The zero-order valence-corrected chi connectivity index (χ0v) is 16.5. The lowest BCUT2D eigenvalue weighted by Gasteiger charge is -2.43. The Morgan fingerprint density at radius 3 is 2.66 bits per heavy atom. The number of carbonyl (C=O) groups is 1. The van der Waals surface area contributed by atoms with E-state index in [1.54, 1.807) is 0 Å². The van der Waals surface area contributed by atoms with Crippen molar-refractivity contribution in [2.75, 3.05) is 18.4 Å². The zero-order chi connectivity index (χ0) is 20.4. The minimum atomic E-state index is -3.05. The minimum Gasteiger partial charge on any atom is -0.431 e. The topological polar surface area (TPSA) is 63.2 Å². The van der Waals surface area contributed by atoms with Gasteiger partial charge >= 0.3 is 6.61 Å². The van der Waals surface area contributed by atoms with Crippen LogP contribution in [0, 0.1) is 0 Å². The zero-order valence-electron chi connectivity index (χ0n) is 15.8. The van der Waals surface area contributed by atoms with Crippen LogP contribution in [0.4, 0.5) is 14.6 Å². The van der Waals surface area contributed by atoms with E-state index in [9.17, 15) is 13.6 Å². The quantitative estimate of drug-likeness (QED) is 0.722. The van der Waals surface area contributed by atoms with Crippen LogP contribution in [0.25, 0.3) is 0 Å². The lowest BCUT2D eigenvalue weighted by molar-refractivity contribution is -0.123. The number of alkyl halides is 2.